The summed E-state index contributed by atoms with van der Waals surface area (Å²) in [4.78, 5) is 24.1. The van der Waals surface area contributed by atoms with Crippen LogP contribution in [0.15, 0.2) is 29.3 Å². The van der Waals surface area contributed by atoms with Gasteiger partial charge in [-0.2, -0.15) is 0 Å². The van der Waals surface area contributed by atoms with Crippen molar-refractivity contribution < 1.29 is 8.78 Å². The first-order valence-electron chi connectivity index (χ1n) is 7.00. The minimum Gasteiger partial charge on any atom is -0.348 e. The van der Waals surface area contributed by atoms with Crippen LogP contribution in [-0.4, -0.2) is 47.1 Å². The van der Waals surface area contributed by atoms with E-state index < -0.39 is 24.6 Å². The smallest absolute Gasteiger partial charge is 0.277 e. The molecule has 122 valence electrons. The lowest BCUT2D eigenvalue weighted by atomic mass is 10.2. The van der Waals surface area contributed by atoms with Gasteiger partial charge in [-0.05, 0) is 12.1 Å². The standard InChI is InChI=1S/C14H14ClF2N5O/c15-10-12(22-6-5-19-7-14(16,17)8-22)20-11(21-13(10)23)9-1-3-18-4-2-9/h1-4,19H,5-8H2,(H,20,21,23). The predicted molar refractivity (Wildman–Crippen MR) is 83.1 cm³/mol. The van der Waals surface area contributed by atoms with Gasteiger partial charge in [0.05, 0.1) is 13.1 Å². The number of aromatic amines is 1. The van der Waals surface area contributed by atoms with E-state index in [-0.39, 0.29) is 23.2 Å². The van der Waals surface area contributed by atoms with Crippen LogP contribution in [0.5, 0.6) is 0 Å². The summed E-state index contributed by atoms with van der Waals surface area (Å²) in [6, 6.07) is 3.32. The van der Waals surface area contributed by atoms with Crippen molar-refractivity contribution in [2.75, 3.05) is 31.1 Å². The van der Waals surface area contributed by atoms with Crippen LogP contribution in [0.1, 0.15) is 0 Å². The minimum absolute atomic E-state index is 0.0607. The molecule has 2 N–H and O–H groups in total. The fourth-order valence-electron chi connectivity index (χ4n) is 2.38. The summed E-state index contributed by atoms with van der Waals surface area (Å²) >= 11 is 6.01. The normalized spacial score (nSPS) is 17.8. The van der Waals surface area contributed by atoms with Gasteiger partial charge in [-0.3, -0.25) is 9.78 Å². The van der Waals surface area contributed by atoms with Crippen molar-refractivity contribution in [1.29, 1.82) is 0 Å². The molecule has 0 atom stereocenters. The molecule has 0 amide bonds. The van der Waals surface area contributed by atoms with Gasteiger partial charge in [-0.25, -0.2) is 13.8 Å². The molecule has 0 unspecified atom stereocenters. The fourth-order valence-corrected chi connectivity index (χ4v) is 2.59. The molecule has 1 saturated heterocycles. The Morgan fingerprint density at radius 3 is 2.78 bits per heavy atom. The van der Waals surface area contributed by atoms with Gasteiger partial charge in [0, 0.05) is 31.0 Å². The number of halogens is 3. The molecule has 6 nitrogen and oxygen atoms in total. The molecule has 0 spiro atoms. The molecular formula is C14H14ClF2N5O. The van der Waals surface area contributed by atoms with E-state index in [1.807, 2.05) is 0 Å². The molecule has 1 aliphatic rings. The largest absolute Gasteiger partial charge is 0.348 e. The maximum absolute atomic E-state index is 13.8. The predicted octanol–water partition coefficient (Wildman–Crippen LogP) is 1.53. The molecule has 0 bridgehead atoms. The number of nitrogens with zero attached hydrogens (tertiary/aromatic N) is 3. The van der Waals surface area contributed by atoms with Crippen LogP contribution in [-0.2, 0) is 0 Å². The van der Waals surface area contributed by atoms with Crippen molar-refractivity contribution in [2.24, 2.45) is 0 Å². The van der Waals surface area contributed by atoms with Gasteiger partial charge in [0.25, 0.3) is 11.5 Å². The lowest BCUT2D eigenvalue weighted by Gasteiger charge is -2.25. The van der Waals surface area contributed by atoms with E-state index in [0.29, 0.717) is 12.1 Å². The Bertz CT molecular complexity index is 753. The zero-order valence-electron chi connectivity index (χ0n) is 12.0. The molecule has 3 heterocycles. The Morgan fingerprint density at radius 2 is 2.04 bits per heavy atom. The number of pyridine rings is 1. The molecule has 0 aliphatic carbocycles. The average Bonchev–Trinajstić information content (AvgIpc) is 2.71. The zero-order valence-corrected chi connectivity index (χ0v) is 12.8. The molecule has 2 aromatic heterocycles. The Kier molecular flexibility index (Phi) is 4.27. The second-order valence-electron chi connectivity index (χ2n) is 5.24. The second kappa shape index (κ2) is 6.21. The van der Waals surface area contributed by atoms with Crippen LogP contribution >= 0.6 is 11.6 Å². The third-order valence-electron chi connectivity index (χ3n) is 3.46. The Morgan fingerprint density at radius 1 is 1.30 bits per heavy atom. The molecule has 3 rings (SSSR count). The lowest BCUT2D eigenvalue weighted by molar-refractivity contribution is 0.0156. The second-order valence-corrected chi connectivity index (χ2v) is 5.62. The number of aromatic nitrogens is 3. The average molecular weight is 342 g/mol. The van der Waals surface area contributed by atoms with Crippen LogP contribution in [0, 0.1) is 0 Å². The van der Waals surface area contributed by atoms with Crippen molar-refractivity contribution >= 4 is 17.4 Å². The van der Waals surface area contributed by atoms with E-state index in [9.17, 15) is 13.6 Å². The monoisotopic (exact) mass is 341 g/mol. The molecule has 0 saturated carbocycles. The van der Waals surface area contributed by atoms with E-state index in [4.69, 9.17) is 11.6 Å². The van der Waals surface area contributed by atoms with Crippen LogP contribution < -0.4 is 15.8 Å². The first-order valence-corrected chi connectivity index (χ1v) is 7.38. The van der Waals surface area contributed by atoms with E-state index in [0.717, 1.165) is 0 Å². The number of hydrogen-bond donors (Lipinski definition) is 2. The molecule has 1 aliphatic heterocycles. The van der Waals surface area contributed by atoms with Crippen molar-refractivity contribution in [2.45, 2.75) is 5.92 Å². The quantitative estimate of drug-likeness (QED) is 0.866. The van der Waals surface area contributed by atoms with Crippen molar-refractivity contribution in [3.63, 3.8) is 0 Å². The highest BCUT2D eigenvalue weighted by molar-refractivity contribution is 6.32. The van der Waals surface area contributed by atoms with Gasteiger partial charge < -0.3 is 15.2 Å². The van der Waals surface area contributed by atoms with Crippen LogP contribution in [0.4, 0.5) is 14.6 Å². The molecular weight excluding hydrogens is 328 g/mol. The summed E-state index contributed by atoms with van der Waals surface area (Å²) in [5.41, 5.74) is 0.0544. The first kappa shape index (κ1) is 15.8. The molecule has 0 aromatic carbocycles. The molecule has 23 heavy (non-hydrogen) atoms. The highest BCUT2D eigenvalue weighted by Crippen LogP contribution is 2.26. The van der Waals surface area contributed by atoms with E-state index >= 15 is 0 Å². The summed E-state index contributed by atoms with van der Waals surface area (Å²) in [5.74, 6) is -2.61. The van der Waals surface area contributed by atoms with E-state index in [1.54, 1.807) is 24.5 Å². The topological polar surface area (TPSA) is 73.9 Å². The number of H-pyrrole nitrogens is 1. The number of nitrogens with one attached hydrogen (secondary N) is 2. The Hall–Kier alpha value is -2.06. The third kappa shape index (κ3) is 3.48. The van der Waals surface area contributed by atoms with Gasteiger partial charge in [-0.15, -0.1) is 0 Å². The maximum atomic E-state index is 13.8. The molecule has 2 aromatic rings. The van der Waals surface area contributed by atoms with E-state index in [2.05, 4.69) is 20.3 Å². The summed E-state index contributed by atoms with van der Waals surface area (Å²) in [5, 5.41) is 2.47. The van der Waals surface area contributed by atoms with Gasteiger partial charge in [0.2, 0.25) is 0 Å². The highest BCUT2D eigenvalue weighted by Gasteiger charge is 2.35. The maximum Gasteiger partial charge on any atom is 0.277 e. The van der Waals surface area contributed by atoms with Crippen molar-refractivity contribution in [3.05, 3.63) is 39.9 Å². The SMILES string of the molecule is O=c1[nH]c(-c2ccncc2)nc(N2CCNCC(F)(F)C2)c1Cl. The van der Waals surface area contributed by atoms with Gasteiger partial charge in [-0.1, -0.05) is 11.6 Å². The third-order valence-corrected chi connectivity index (χ3v) is 3.80. The van der Waals surface area contributed by atoms with Crippen molar-refractivity contribution in [1.82, 2.24) is 20.3 Å². The minimum atomic E-state index is -2.93. The summed E-state index contributed by atoms with van der Waals surface area (Å²) in [7, 11) is 0. The Balaban J connectivity index is 2.04. The summed E-state index contributed by atoms with van der Waals surface area (Å²) < 4.78 is 27.6. The van der Waals surface area contributed by atoms with Gasteiger partial charge >= 0.3 is 0 Å². The summed E-state index contributed by atoms with van der Waals surface area (Å²) in [6.07, 6.45) is 3.10. The number of hydrogen-bond acceptors (Lipinski definition) is 5. The Labute approximate surface area is 135 Å². The fraction of sp³-hybridized carbons (Fsp3) is 0.357. The molecule has 0 radical (unpaired) electrons. The lowest BCUT2D eigenvalue weighted by Crippen LogP contribution is -2.39. The molecule has 1 fully saturated rings. The van der Waals surface area contributed by atoms with Gasteiger partial charge in [0.15, 0.2) is 5.82 Å². The zero-order chi connectivity index (χ0) is 16.4. The van der Waals surface area contributed by atoms with Crippen LogP contribution in [0.25, 0.3) is 11.4 Å². The van der Waals surface area contributed by atoms with Crippen molar-refractivity contribution in [3.8, 4) is 11.4 Å². The van der Waals surface area contributed by atoms with Gasteiger partial charge in [0.1, 0.15) is 10.8 Å². The highest BCUT2D eigenvalue weighted by atomic mass is 35.5. The molecule has 9 heteroatoms. The number of anilines is 1. The van der Waals surface area contributed by atoms with Crippen LogP contribution in [0.2, 0.25) is 5.02 Å². The summed E-state index contributed by atoms with van der Waals surface area (Å²) in [6.45, 7) is -0.333. The van der Waals surface area contributed by atoms with E-state index in [1.165, 1.54) is 4.90 Å². The number of rotatable bonds is 2. The number of alkyl halides is 2. The van der Waals surface area contributed by atoms with Crippen LogP contribution in [0.3, 0.4) is 0 Å². The first-order chi connectivity index (χ1) is 11.0.